The van der Waals surface area contributed by atoms with Crippen LogP contribution in [0.3, 0.4) is 0 Å². The molecular weight excluding hydrogens is 264 g/mol. The van der Waals surface area contributed by atoms with Gasteiger partial charge in [0.25, 0.3) is 0 Å². The zero-order chi connectivity index (χ0) is 14.8. The van der Waals surface area contributed by atoms with E-state index in [1.807, 2.05) is 0 Å². The monoisotopic (exact) mass is 292 g/mol. The topological polar surface area (TPSA) is 0 Å². The van der Waals surface area contributed by atoms with E-state index < -0.39 is 0 Å². The van der Waals surface area contributed by atoms with Gasteiger partial charge in [0.1, 0.15) is 0 Å². The summed E-state index contributed by atoms with van der Waals surface area (Å²) in [6.07, 6.45) is 6.39. The summed E-state index contributed by atoms with van der Waals surface area (Å²) in [5.41, 5.74) is 3.57. The molecule has 0 N–H and O–H groups in total. The average molecular weight is 293 g/mol. The van der Waals surface area contributed by atoms with E-state index in [2.05, 4.69) is 52.0 Å². The zero-order valence-corrected chi connectivity index (χ0v) is 14.3. The molecule has 1 heteroatoms. The smallest absolute Gasteiger partial charge is 0.0283 e. The van der Waals surface area contributed by atoms with Gasteiger partial charge >= 0.3 is 0 Å². The van der Waals surface area contributed by atoms with E-state index in [4.69, 9.17) is 11.6 Å². The van der Waals surface area contributed by atoms with E-state index in [-0.39, 0.29) is 0 Å². The summed E-state index contributed by atoms with van der Waals surface area (Å²) in [4.78, 5) is 0. The Morgan fingerprint density at radius 2 is 1.65 bits per heavy atom. The molecule has 0 spiro atoms. The van der Waals surface area contributed by atoms with Crippen molar-refractivity contribution in [2.24, 2.45) is 16.7 Å². The Morgan fingerprint density at radius 1 is 1.10 bits per heavy atom. The molecule has 0 nitrogen and oxygen atoms in total. The number of benzene rings is 1. The summed E-state index contributed by atoms with van der Waals surface area (Å²) in [6, 6.07) is 9.00. The molecule has 20 heavy (non-hydrogen) atoms. The van der Waals surface area contributed by atoms with E-state index in [9.17, 15) is 0 Å². The number of halogens is 1. The Bertz CT molecular complexity index is 416. The highest BCUT2D eigenvalue weighted by atomic mass is 35.5. The highest BCUT2D eigenvalue weighted by Gasteiger charge is 2.38. The Kier molecular flexibility index (Phi) is 4.84. The second kappa shape index (κ2) is 6.10. The van der Waals surface area contributed by atoms with Crippen LogP contribution in [0.2, 0.25) is 0 Å². The van der Waals surface area contributed by atoms with Gasteiger partial charge in [-0.05, 0) is 61.3 Å². The minimum atomic E-state index is 0.332. The summed E-state index contributed by atoms with van der Waals surface area (Å²) in [7, 11) is 0. The molecule has 2 rings (SSSR count). The van der Waals surface area contributed by atoms with Crippen LogP contribution in [0.1, 0.15) is 57.6 Å². The molecule has 1 aromatic rings. The second-order valence-corrected chi connectivity index (χ2v) is 8.20. The Labute approximate surface area is 129 Å². The third-order valence-electron chi connectivity index (χ3n) is 5.25. The third-order valence-corrected chi connectivity index (χ3v) is 5.82. The predicted octanol–water partition coefficient (Wildman–Crippen LogP) is 6.00. The molecule has 0 atom stereocenters. The number of aryl methyl sites for hydroxylation is 1. The summed E-state index contributed by atoms with van der Waals surface area (Å²) >= 11 is 6.38. The molecule has 1 aliphatic carbocycles. The second-order valence-electron chi connectivity index (χ2n) is 7.94. The van der Waals surface area contributed by atoms with Gasteiger partial charge in [-0.15, -0.1) is 11.6 Å². The van der Waals surface area contributed by atoms with Gasteiger partial charge in [-0.3, -0.25) is 0 Å². The minimum Gasteiger partial charge on any atom is -0.126 e. The first-order valence-corrected chi connectivity index (χ1v) is 8.50. The molecule has 112 valence electrons. The highest BCUT2D eigenvalue weighted by molar-refractivity contribution is 6.18. The third kappa shape index (κ3) is 3.79. The maximum Gasteiger partial charge on any atom is 0.0283 e. The van der Waals surface area contributed by atoms with Crippen LogP contribution in [-0.4, -0.2) is 5.88 Å². The molecule has 1 aliphatic rings. The normalized spacial score (nSPS) is 27.6. The lowest BCUT2D eigenvalue weighted by Crippen LogP contribution is -2.35. The molecule has 0 aliphatic heterocycles. The fourth-order valence-corrected chi connectivity index (χ4v) is 3.95. The quantitative estimate of drug-likeness (QED) is 0.599. The van der Waals surface area contributed by atoms with Crippen LogP contribution in [-0.2, 0) is 6.42 Å². The van der Waals surface area contributed by atoms with E-state index in [0.717, 1.165) is 18.2 Å². The minimum absolute atomic E-state index is 0.332. The van der Waals surface area contributed by atoms with E-state index >= 15 is 0 Å². The lowest BCUT2D eigenvalue weighted by Gasteiger charge is -2.43. The van der Waals surface area contributed by atoms with Gasteiger partial charge in [-0.2, -0.15) is 0 Å². The van der Waals surface area contributed by atoms with Crippen LogP contribution in [0.4, 0.5) is 0 Å². The number of hydrogen-bond donors (Lipinski definition) is 0. The first-order chi connectivity index (χ1) is 9.35. The molecule has 0 saturated heterocycles. The average Bonchev–Trinajstić information content (AvgIpc) is 2.41. The van der Waals surface area contributed by atoms with Gasteiger partial charge in [0.05, 0.1) is 0 Å². The van der Waals surface area contributed by atoms with Crippen molar-refractivity contribution in [1.82, 2.24) is 0 Å². The maximum atomic E-state index is 6.38. The van der Waals surface area contributed by atoms with Crippen molar-refractivity contribution >= 4 is 11.6 Å². The molecule has 0 amide bonds. The van der Waals surface area contributed by atoms with Gasteiger partial charge in [-0.25, -0.2) is 0 Å². The van der Waals surface area contributed by atoms with Crippen molar-refractivity contribution in [3.63, 3.8) is 0 Å². The van der Waals surface area contributed by atoms with Crippen molar-refractivity contribution in [1.29, 1.82) is 0 Å². The van der Waals surface area contributed by atoms with Crippen LogP contribution in [0.15, 0.2) is 24.3 Å². The van der Waals surface area contributed by atoms with Gasteiger partial charge < -0.3 is 0 Å². The fraction of sp³-hybridized carbons (Fsp3) is 0.684. The summed E-state index contributed by atoms with van der Waals surface area (Å²) in [6.45, 7) is 9.29. The lowest BCUT2D eigenvalue weighted by molar-refractivity contribution is 0.102. The van der Waals surface area contributed by atoms with Crippen LogP contribution < -0.4 is 0 Å². The van der Waals surface area contributed by atoms with Gasteiger partial charge in [-0.1, -0.05) is 50.6 Å². The summed E-state index contributed by atoms with van der Waals surface area (Å²) < 4.78 is 0. The van der Waals surface area contributed by atoms with Crippen LogP contribution in [0.5, 0.6) is 0 Å². The first-order valence-electron chi connectivity index (χ1n) is 7.96. The number of rotatable bonds is 3. The molecule has 1 aromatic carbocycles. The van der Waals surface area contributed by atoms with Gasteiger partial charge in [0.2, 0.25) is 0 Å². The Morgan fingerprint density at radius 3 is 2.10 bits per heavy atom. The van der Waals surface area contributed by atoms with Crippen LogP contribution in [0, 0.1) is 23.7 Å². The molecule has 1 fully saturated rings. The maximum absolute atomic E-state index is 6.38. The Balaban J connectivity index is 2.03. The van der Waals surface area contributed by atoms with E-state index in [1.165, 1.54) is 36.8 Å². The van der Waals surface area contributed by atoms with E-state index in [1.54, 1.807) is 0 Å². The van der Waals surface area contributed by atoms with Crippen molar-refractivity contribution in [3.8, 4) is 0 Å². The van der Waals surface area contributed by atoms with Crippen molar-refractivity contribution in [2.75, 3.05) is 5.88 Å². The van der Waals surface area contributed by atoms with Crippen LogP contribution in [0.25, 0.3) is 0 Å². The summed E-state index contributed by atoms with van der Waals surface area (Å²) in [5.74, 6) is 1.66. The molecular formula is C19H29Cl. The molecule has 0 aromatic heterocycles. The van der Waals surface area contributed by atoms with Gasteiger partial charge in [0.15, 0.2) is 0 Å². The largest absolute Gasteiger partial charge is 0.126 e. The molecule has 0 bridgehead atoms. The molecule has 0 unspecified atom stereocenters. The predicted molar refractivity (Wildman–Crippen MR) is 89.4 cm³/mol. The molecule has 0 heterocycles. The number of alkyl halides is 1. The zero-order valence-electron chi connectivity index (χ0n) is 13.5. The van der Waals surface area contributed by atoms with Crippen LogP contribution >= 0.6 is 11.6 Å². The highest BCUT2D eigenvalue weighted by Crippen LogP contribution is 2.47. The fourth-order valence-electron chi connectivity index (χ4n) is 3.59. The standard InChI is InChI=1S/C19H29Cl/c1-15-5-7-16(8-6-15)13-19(14-20)11-9-17(10-12-19)18(2,3)4/h5-8,17H,9-14H2,1-4H3. The summed E-state index contributed by atoms with van der Waals surface area (Å²) in [5, 5.41) is 0. The lowest BCUT2D eigenvalue weighted by atomic mass is 9.63. The number of hydrogen-bond acceptors (Lipinski definition) is 0. The molecule has 0 radical (unpaired) electrons. The van der Waals surface area contributed by atoms with Gasteiger partial charge in [0, 0.05) is 5.88 Å². The Hall–Kier alpha value is -0.490. The van der Waals surface area contributed by atoms with Crippen molar-refractivity contribution < 1.29 is 0 Å². The van der Waals surface area contributed by atoms with E-state index in [0.29, 0.717) is 10.8 Å². The van der Waals surface area contributed by atoms with Crippen molar-refractivity contribution in [3.05, 3.63) is 35.4 Å². The van der Waals surface area contributed by atoms with Crippen molar-refractivity contribution in [2.45, 2.75) is 59.8 Å². The SMILES string of the molecule is Cc1ccc(CC2(CCl)CCC(C(C)(C)C)CC2)cc1. The first kappa shape index (κ1) is 15.9. The molecule has 1 saturated carbocycles.